The number of halogens is 4. The lowest BCUT2D eigenvalue weighted by atomic mass is 10.1. The first-order valence-electron chi connectivity index (χ1n) is 11.7. The highest BCUT2D eigenvalue weighted by atomic mass is 19.4. The van der Waals surface area contributed by atoms with E-state index in [0.29, 0.717) is 29.3 Å². The first kappa shape index (κ1) is 25.2. The van der Waals surface area contributed by atoms with Crippen molar-refractivity contribution in [2.75, 3.05) is 5.32 Å². The van der Waals surface area contributed by atoms with Crippen LogP contribution >= 0.6 is 0 Å². The van der Waals surface area contributed by atoms with Crippen LogP contribution in [0, 0.1) is 5.82 Å². The smallest absolute Gasteiger partial charge is 0.423 e. The second-order valence-electron chi connectivity index (χ2n) is 8.89. The first-order chi connectivity index (χ1) is 18.1. The van der Waals surface area contributed by atoms with Gasteiger partial charge in [-0.25, -0.2) is 14.5 Å². The lowest BCUT2D eigenvalue weighted by Gasteiger charge is -2.18. The van der Waals surface area contributed by atoms with Crippen LogP contribution in [0.1, 0.15) is 25.3 Å². The lowest BCUT2D eigenvalue weighted by Crippen LogP contribution is -2.27. The van der Waals surface area contributed by atoms with Crippen LogP contribution < -0.4 is 16.4 Å². The standard InChI is InChI=1S/C26H21F4N5O3/c1-14(32-20-13-31-34-23(36)22(20)26(28,29)30)5-4-9-35-10-8-15-11-17(18(27)12-16(15)25(35)37)24-33-19-6-2-3-7-21(19)38-24/h2-3,6-8,10-14H,4-5,9H2,1H3,(H2,32,34,36)/t14-/m0/s1. The van der Waals surface area contributed by atoms with Gasteiger partial charge in [0.1, 0.15) is 16.9 Å². The van der Waals surface area contributed by atoms with E-state index in [4.69, 9.17) is 4.42 Å². The predicted molar refractivity (Wildman–Crippen MR) is 133 cm³/mol. The van der Waals surface area contributed by atoms with Gasteiger partial charge in [0.05, 0.1) is 22.8 Å². The van der Waals surface area contributed by atoms with Gasteiger partial charge in [-0.3, -0.25) is 9.59 Å². The highest BCUT2D eigenvalue weighted by Gasteiger charge is 2.37. The zero-order valence-electron chi connectivity index (χ0n) is 20.0. The Morgan fingerprint density at radius 1 is 1.16 bits per heavy atom. The maximum absolute atomic E-state index is 15.0. The average Bonchev–Trinajstić information content (AvgIpc) is 3.29. The molecule has 1 atom stereocenters. The van der Waals surface area contributed by atoms with Gasteiger partial charge in [-0.05, 0) is 55.5 Å². The van der Waals surface area contributed by atoms with Crippen molar-refractivity contribution in [3.8, 4) is 11.5 Å². The number of aromatic amines is 1. The van der Waals surface area contributed by atoms with Crippen molar-refractivity contribution in [3.05, 3.63) is 86.9 Å². The minimum absolute atomic E-state index is 0.112. The second-order valence-corrected chi connectivity index (χ2v) is 8.89. The van der Waals surface area contributed by atoms with Gasteiger partial charge >= 0.3 is 6.18 Å². The van der Waals surface area contributed by atoms with E-state index in [1.807, 2.05) is 0 Å². The van der Waals surface area contributed by atoms with E-state index in [0.717, 1.165) is 12.3 Å². The molecule has 0 unspecified atom stereocenters. The molecule has 38 heavy (non-hydrogen) atoms. The molecule has 0 aliphatic carbocycles. The van der Waals surface area contributed by atoms with Crippen LogP contribution in [-0.2, 0) is 12.7 Å². The maximum atomic E-state index is 15.0. The van der Waals surface area contributed by atoms with Crippen molar-refractivity contribution < 1.29 is 22.0 Å². The number of benzene rings is 2. The van der Waals surface area contributed by atoms with Crippen molar-refractivity contribution in [3.63, 3.8) is 0 Å². The van der Waals surface area contributed by atoms with E-state index in [-0.39, 0.29) is 23.4 Å². The molecule has 196 valence electrons. The molecule has 0 aliphatic rings. The summed E-state index contributed by atoms with van der Waals surface area (Å²) in [5, 5.41) is 8.60. The zero-order chi connectivity index (χ0) is 27.0. The Morgan fingerprint density at radius 2 is 1.95 bits per heavy atom. The number of aryl methyl sites for hydroxylation is 1. The molecule has 5 aromatic rings. The third-order valence-corrected chi connectivity index (χ3v) is 6.17. The number of alkyl halides is 3. The number of hydrogen-bond donors (Lipinski definition) is 2. The van der Waals surface area contributed by atoms with E-state index >= 15 is 0 Å². The topological polar surface area (TPSA) is 106 Å². The van der Waals surface area contributed by atoms with Crippen molar-refractivity contribution in [2.24, 2.45) is 0 Å². The average molecular weight is 527 g/mol. The number of H-pyrrole nitrogens is 1. The number of rotatable bonds is 7. The quantitative estimate of drug-likeness (QED) is 0.277. The molecule has 0 saturated heterocycles. The van der Waals surface area contributed by atoms with Crippen LogP contribution in [0.15, 0.2) is 68.9 Å². The van der Waals surface area contributed by atoms with Crippen LogP contribution in [0.5, 0.6) is 0 Å². The minimum atomic E-state index is -4.84. The van der Waals surface area contributed by atoms with E-state index in [1.165, 1.54) is 10.6 Å². The fraction of sp³-hybridized carbons (Fsp3) is 0.231. The summed E-state index contributed by atoms with van der Waals surface area (Å²) in [6.07, 6.45) is -1.52. The molecule has 0 radical (unpaired) electrons. The van der Waals surface area contributed by atoms with Crippen LogP contribution in [0.4, 0.5) is 23.2 Å². The molecular weight excluding hydrogens is 506 g/mol. The summed E-state index contributed by atoms with van der Waals surface area (Å²) in [6.45, 7) is 1.92. The number of fused-ring (bicyclic) bond motifs is 2. The summed E-state index contributed by atoms with van der Waals surface area (Å²) in [6, 6.07) is 11.0. The maximum Gasteiger partial charge on any atom is 0.423 e. The number of nitrogens with one attached hydrogen (secondary N) is 2. The van der Waals surface area contributed by atoms with Crippen LogP contribution in [0.3, 0.4) is 0 Å². The molecule has 0 bridgehead atoms. The SMILES string of the molecule is C[C@@H](CCCn1ccc2cc(-c3nc4ccccc4o3)c(F)cc2c1=O)Nc1cn[nH]c(=O)c1C(F)(F)F. The number of para-hydroxylation sites is 2. The monoisotopic (exact) mass is 527 g/mol. The zero-order valence-corrected chi connectivity index (χ0v) is 20.0. The summed E-state index contributed by atoms with van der Waals surface area (Å²) < 4.78 is 61.8. The Bertz CT molecular complexity index is 1720. The summed E-state index contributed by atoms with van der Waals surface area (Å²) >= 11 is 0. The van der Waals surface area contributed by atoms with Crippen LogP contribution in [-0.4, -0.2) is 25.8 Å². The second kappa shape index (κ2) is 9.77. The molecule has 0 amide bonds. The van der Waals surface area contributed by atoms with Crippen molar-refractivity contribution in [1.29, 1.82) is 0 Å². The van der Waals surface area contributed by atoms with Gasteiger partial charge < -0.3 is 14.3 Å². The highest BCUT2D eigenvalue weighted by Crippen LogP contribution is 2.32. The van der Waals surface area contributed by atoms with Gasteiger partial charge in [0.15, 0.2) is 5.58 Å². The predicted octanol–water partition coefficient (Wildman–Crippen LogP) is 5.33. The third kappa shape index (κ3) is 4.89. The molecule has 2 N–H and O–H groups in total. The van der Waals surface area contributed by atoms with Gasteiger partial charge in [-0.1, -0.05) is 12.1 Å². The summed E-state index contributed by atoms with van der Waals surface area (Å²) in [7, 11) is 0. The molecule has 12 heteroatoms. The fourth-order valence-electron chi connectivity index (χ4n) is 4.33. The summed E-state index contributed by atoms with van der Waals surface area (Å²) in [5.74, 6) is -0.538. The Balaban J connectivity index is 1.31. The number of anilines is 1. The molecule has 8 nitrogen and oxygen atoms in total. The van der Waals surface area contributed by atoms with Gasteiger partial charge in [0, 0.05) is 18.8 Å². The number of oxazole rings is 1. The normalized spacial score (nSPS) is 12.8. The van der Waals surface area contributed by atoms with E-state index in [1.54, 1.807) is 48.6 Å². The number of pyridine rings is 1. The molecule has 5 rings (SSSR count). The van der Waals surface area contributed by atoms with Crippen molar-refractivity contribution >= 4 is 27.6 Å². The molecule has 3 aromatic heterocycles. The lowest BCUT2D eigenvalue weighted by molar-refractivity contribution is -0.138. The van der Waals surface area contributed by atoms with Gasteiger partial charge in [0.2, 0.25) is 5.89 Å². The Morgan fingerprint density at radius 3 is 2.71 bits per heavy atom. The Kier molecular flexibility index (Phi) is 6.47. The molecule has 0 fully saturated rings. The molecule has 0 aliphatic heterocycles. The third-order valence-electron chi connectivity index (χ3n) is 6.17. The summed E-state index contributed by atoms with van der Waals surface area (Å²) in [4.78, 5) is 28.9. The van der Waals surface area contributed by atoms with E-state index in [2.05, 4.69) is 15.4 Å². The summed E-state index contributed by atoms with van der Waals surface area (Å²) in [5.41, 5.74) is -2.24. The minimum Gasteiger partial charge on any atom is -0.436 e. The largest absolute Gasteiger partial charge is 0.436 e. The van der Waals surface area contributed by atoms with Gasteiger partial charge in [-0.15, -0.1) is 0 Å². The Hall–Kier alpha value is -4.48. The van der Waals surface area contributed by atoms with Crippen molar-refractivity contribution in [1.82, 2.24) is 19.7 Å². The molecule has 0 saturated carbocycles. The molecular formula is C26H21F4N5O3. The van der Waals surface area contributed by atoms with Gasteiger partial charge in [-0.2, -0.15) is 18.3 Å². The highest BCUT2D eigenvalue weighted by molar-refractivity contribution is 5.86. The van der Waals surface area contributed by atoms with E-state index < -0.39 is 40.4 Å². The van der Waals surface area contributed by atoms with Crippen LogP contribution in [0.2, 0.25) is 0 Å². The molecule has 3 heterocycles. The first-order valence-corrected chi connectivity index (χ1v) is 11.7. The number of nitrogens with zero attached hydrogens (tertiary/aromatic N) is 3. The van der Waals surface area contributed by atoms with Crippen LogP contribution in [0.25, 0.3) is 33.3 Å². The number of hydrogen-bond acceptors (Lipinski definition) is 6. The fourth-order valence-corrected chi connectivity index (χ4v) is 4.33. The van der Waals surface area contributed by atoms with Crippen molar-refractivity contribution in [2.45, 2.75) is 38.5 Å². The molecule has 0 spiro atoms. The van der Waals surface area contributed by atoms with Gasteiger partial charge in [0.25, 0.3) is 11.1 Å². The Labute approximate surface area is 211 Å². The molecule has 2 aromatic carbocycles. The van der Waals surface area contributed by atoms with E-state index in [9.17, 15) is 27.2 Å². The number of aromatic nitrogens is 4.